The fourth-order valence-electron chi connectivity index (χ4n) is 0. The summed E-state index contributed by atoms with van der Waals surface area (Å²) in [6.45, 7) is 0. The van der Waals surface area contributed by atoms with Gasteiger partial charge < -0.3 is 18.6 Å². The molecule has 0 saturated carbocycles. The zero-order valence-corrected chi connectivity index (χ0v) is 6.35. The summed E-state index contributed by atoms with van der Waals surface area (Å²) < 4.78 is 0. The first-order valence-corrected chi connectivity index (χ1v) is 0.447. The van der Waals surface area contributed by atoms with Gasteiger partial charge in [-0.1, -0.05) is 0 Å². The summed E-state index contributed by atoms with van der Waals surface area (Å²) >= 11 is 0. The van der Waals surface area contributed by atoms with E-state index in [1.807, 2.05) is 0 Å². The van der Waals surface area contributed by atoms with Gasteiger partial charge in [0.15, 0.2) is 0 Å². The molecule has 0 aliphatic rings. The van der Waals surface area contributed by atoms with Crippen molar-refractivity contribution in [2.24, 2.45) is 0 Å². The minimum absolute atomic E-state index is 0. The van der Waals surface area contributed by atoms with Crippen LogP contribution in [0.4, 0.5) is 0 Å². The average molecular weight is 129 g/mol. The molecule has 22 valence electrons. The molecule has 0 amide bonds. The van der Waals surface area contributed by atoms with E-state index < -0.39 is 0 Å². The van der Waals surface area contributed by atoms with Gasteiger partial charge >= 0.3 is 19.5 Å². The first-order valence-electron chi connectivity index (χ1n) is 0.447. The molecule has 0 bridgehead atoms. The molecule has 0 aliphatic carbocycles. The fraction of sp³-hybridized carbons (Fsp3) is 1.00. The van der Waals surface area contributed by atoms with Crippen molar-refractivity contribution >= 4 is 13.5 Å². The van der Waals surface area contributed by atoms with Gasteiger partial charge in [-0.3, -0.25) is 0 Å². The van der Waals surface area contributed by atoms with Gasteiger partial charge in [0.25, 0.3) is 0 Å². The molecule has 0 saturated heterocycles. The summed E-state index contributed by atoms with van der Waals surface area (Å²) in [5.74, 6) is 0. The quantitative estimate of drug-likeness (QED) is 0.442. The van der Waals surface area contributed by atoms with E-state index in [0.29, 0.717) is 0 Å². The van der Waals surface area contributed by atoms with Crippen LogP contribution in [0.25, 0.3) is 0 Å². The van der Waals surface area contributed by atoms with Crippen molar-refractivity contribution in [1.82, 2.24) is 0 Å². The van der Waals surface area contributed by atoms with E-state index in [1.165, 1.54) is 0 Å². The van der Waals surface area contributed by atoms with Crippen molar-refractivity contribution in [3.8, 4) is 0 Å². The van der Waals surface area contributed by atoms with Crippen LogP contribution >= 0.6 is 0 Å². The maximum absolute atomic E-state index is 7.00. The number of hydrogen-bond donors (Lipinski definition) is 1. The van der Waals surface area contributed by atoms with Gasteiger partial charge in [-0.15, -0.1) is 0 Å². The third kappa shape index (κ3) is 12.6. The Balaban J connectivity index is -0.00000000500. The second-order valence-electron chi connectivity index (χ2n) is 0. The van der Waals surface area contributed by atoms with Crippen LogP contribution in [-0.4, -0.2) is 12.2 Å². The minimum Gasteiger partial charge on any atom is -2.00 e. The van der Waals surface area contributed by atoms with Gasteiger partial charge in [-0.2, -0.15) is 0 Å². The monoisotopic (exact) mass is 128 g/mol. The van der Waals surface area contributed by atoms with E-state index in [0.717, 1.165) is 7.11 Å². The summed E-state index contributed by atoms with van der Waals surface area (Å²) in [7, 11) is 1.00. The van der Waals surface area contributed by atoms with E-state index in [1.54, 1.807) is 0 Å². The number of aliphatic hydroxyl groups excluding tert-OH is 1. The Kier molecular flexibility index (Phi) is 198. The third-order valence-corrected chi connectivity index (χ3v) is 0. The van der Waals surface area contributed by atoms with Crippen molar-refractivity contribution < 1.29 is 24.6 Å². The van der Waals surface area contributed by atoms with Gasteiger partial charge in [0, 0.05) is 7.11 Å². The van der Waals surface area contributed by atoms with Gasteiger partial charge in [0.2, 0.25) is 0 Å². The molecule has 1 N–H and O–H groups in total. The smallest absolute Gasteiger partial charge is 2.00 e. The Morgan fingerprint density at radius 2 is 1.25 bits per heavy atom. The molecular weight excluding hydrogens is 125 g/mol. The van der Waals surface area contributed by atoms with Crippen molar-refractivity contribution in [1.29, 1.82) is 0 Å². The Bertz CT molecular complexity index is 8.00. The minimum atomic E-state index is 0. The SMILES string of the molecule is CO.[S-2].[Zn+2]. The molecule has 0 aromatic heterocycles. The normalized spacial score (nSPS) is 1.50. The molecule has 0 aliphatic heterocycles. The molecule has 0 spiro atoms. The number of rotatable bonds is 0. The van der Waals surface area contributed by atoms with Crippen molar-refractivity contribution in [3.63, 3.8) is 0 Å². The van der Waals surface area contributed by atoms with Crippen LogP contribution in [-0.2, 0) is 33.0 Å². The first-order chi connectivity index (χ1) is 1.00. The molecule has 0 fully saturated rings. The molecule has 1 nitrogen and oxygen atoms in total. The maximum atomic E-state index is 7.00. The van der Waals surface area contributed by atoms with Gasteiger partial charge in [0.1, 0.15) is 0 Å². The summed E-state index contributed by atoms with van der Waals surface area (Å²) in [5.41, 5.74) is 0. The van der Waals surface area contributed by atoms with Crippen LogP contribution in [0.1, 0.15) is 0 Å². The summed E-state index contributed by atoms with van der Waals surface area (Å²) in [4.78, 5) is 0. The molecule has 3 heteroatoms. The second kappa shape index (κ2) is 38.8. The Hall–Kier alpha value is 0.933. The largest absolute Gasteiger partial charge is 2.00 e. The average Bonchev–Trinajstić information content (AvgIpc) is 1.00. The van der Waals surface area contributed by atoms with E-state index >= 15 is 0 Å². The molecular formula is CH4OSZn. The molecule has 0 atom stereocenters. The first kappa shape index (κ1) is 20.4. The van der Waals surface area contributed by atoms with E-state index in [-0.39, 0.29) is 33.0 Å². The van der Waals surface area contributed by atoms with Gasteiger partial charge in [-0.25, -0.2) is 0 Å². The van der Waals surface area contributed by atoms with Crippen LogP contribution < -0.4 is 0 Å². The molecule has 0 unspecified atom stereocenters. The second-order valence-corrected chi connectivity index (χ2v) is 0. The van der Waals surface area contributed by atoms with Crippen LogP contribution in [0.2, 0.25) is 0 Å². The molecule has 0 aromatic carbocycles. The molecule has 0 radical (unpaired) electrons. The molecule has 4 heavy (non-hydrogen) atoms. The van der Waals surface area contributed by atoms with E-state index in [9.17, 15) is 0 Å². The van der Waals surface area contributed by atoms with Crippen LogP contribution in [0.5, 0.6) is 0 Å². The van der Waals surface area contributed by atoms with Crippen LogP contribution in [0.15, 0.2) is 0 Å². The van der Waals surface area contributed by atoms with Crippen molar-refractivity contribution in [3.05, 3.63) is 0 Å². The zero-order chi connectivity index (χ0) is 2.00. The zero-order valence-electron chi connectivity index (χ0n) is 2.56. The number of aliphatic hydroxyl groups is 1. The molecule has 0 rings (SSSR count). The van der Waals surface area contributed by atoms with Crippen LogP contribution in [0, 0.1) is 0 Å². The molecule has 0 aromatic rings. The summed E-state index contributed by atoms with van der Waals surface area (Å²) in [6, 6.07) is 0. The van der Waals surface area contributed by atoms with Crippen molar-refractivity contribution in [2.75, 3.05) is 7.11 Å². The third-order valence-electron chi connectivity index (χ3n) is 0. The Morgan fingerprint density at radius 3 is 1.25 bits per heavy atom. The van der Waals surface area contributed by atoms with Gasteiger partial charge in [0.05, 0.1) is 0 Å². The van der Waals surface area contributed by atoms with Crippen molar-refractivity contribution in [2.45, 2.75) is 0 Å². The number of hydrogen-bond acceptors (Lipinski definition) is 1. The maximum Gasteiger partial charge on any atom is 2.00 e. The Morgan fingerprint density at radius 1 is 1.25 bits per heavy atom. The predicted molar refractivity (Wildman–Crippen MR) is 15.5 cm³/mol. The molecule has 0 heterocycles. The summed E-state index contributed by atoms with van der Waals surface area (Å²) in [6.07, 6.45) is 0. The van der Waals surface area contributed by atoms with Crippen LogP contribution in [0.3, 0.4) is 0 Å². The Labute approximate surface area is 45.6 Å². The topological polar surface area (TPSA) is 20.2 Å². The van der Waals surface area contributed by atoms with E-state index in [2.05, 4.69) is 0 Å². The standard InChI is InChI=1S/CH4O.S.Zn/c1-2;;/h2H,1H3;;/q;-2;+2. The van der Waals surface area contributed by atoms with E-state index in [4.69, 9.17) is 5.11 Å². The van der Waals surface area contributed by atoms with Gasteiger partial charge in [-0.05, 0) is 0 Å². The summed E-state index contributed by atoms with van der Waals surface area (Å²) in [5, 5.41) is 7.00. The predicted octanol–water partition coefficient (Wildman–Crippen LogP) is -0.396. The fourth-order valence-corrected chi connectivity index (χ4v) is 0.